The van der Waals surface area contributed by atoms with Crippen LogP contribution in [0.3, 0.4) is 0 Å². The van der Waals surface area contributed by atoms with Crippen LogP contribution in [0.15, 0.2) is 54.9 Å². The molecule has 0 unspecified atom stereocenters. The van der Waals surface area contributed by atoms with Gasteiger partial charge in [0.15, 0.2) is 17.3 Å². The summed E-state index contributed by atoms with van der Waals surface area (Å²) >= 11 is 0. The maximum atomic E-state index is 13.6. The lowest BCUT2D eigenvalue weighted by Gasteiger charge is -2.26. The van der Waals surface area contributed by atoms with Crippen LogP contribution in [0.4, 0.5) is 11.5 Å². The van der Waals surface area contributed by atoms with Crippen molar-refractivity contribution in [1.29, 1.82) is 0 Å². The van der Waals surface area contributed by atoms with E-state index in [4.69, 9.17) is 9.47 Å². The zero-order chi connectivity index (χ0) is 29.5. The van der Waals surface area contributed by atoms with Crippen molar-refractivity contribution in [3.63, 3.8) is 0 Å². The van der Waals surface area contributed by atoms with E-state index in [1.807, 2.05) is 36.4 Å². The first kappa shape index (κ1) is 31.9. The molecule has 1 saturated heterocycles. The van der Waals surface area contributed by atoms with E-state index in [2.05, 4.69) is 51.5 Å². The second-order valence-electron chi connectivity index (χ2n) is 11.6. The third-order valence-corrected chi connectivity index (χ3v) is 7.89. The average Bonchev–Trinajstić information content (AvgIpc) is 3.43. The monoisotopic (exact) mass is 587 g/mol. The Labute approximate surface area is 255 Å². The number of benzene rings is 2. The lowest BCUT2D eigenvalue weighted by molar-refractivity contribution is -0.131. The average molecular weight is 588 g/mol. The highest BCUT2D eigenvalue weighted by Gasteiger charge is 2.33. The molecule has 5 rings (SSSR count). The summed E-state index contributed by atoms with van der Waals surface area (Å²) in [6.45, 7) is 6.34. The topological polar surface area (TPSA) is 106 Å². The largest absolute Gasteiger partial charge is 0.493 e. The number of hydrogen-bond donors (Lipinski definition) is 2. The second-order valence-corrected chi connectivity index (χ2v) is 11.6. The Morgan fingerprint density at radius 2 is 1.95 bits per heavy atom. The van der Waals surface area contributed by atoms with Crippen LogP contribution in [-0.2, 0) is 22.6 Å². The number of fused-ring (bicyclic) bond motifs is 7. The van der Waals surface area contributed by atoms with Crippen molar-refractivity contribution in [3.8, 4) is 11.5 Å². The molecule has 2 atom stereocenters. The summed E-state index contributed by atoms with van der Waals surface area (Å²) in [5.41, 5.74) is 3.93. The van der Waals surface area contributed by atoms with E-state index in [0.29, 0.717) is 49.2 Å². The number of amides is 1. The van der Waals surface area contributed by atoms with E-state index in [0.717, 1.165) is 41.9 Å². The molecule has 1 amide bonds. The molecule has 2 N–H and O–H groups in total. The highest BCUT2D eigenvalue weighted by atomic mass is 16.5. The van der Waals surface area contributed by atoms with Gasteiger partial charge in [0.05, 0.1) is 25.4 Å². The molecule has 3 heterocycles. The summed E-state index contributed by atoms with van der Waals surface area (Å²) in [7, 11) is 1.61. The highest BCUT2D eigenvalue weighted by Crippen LogP contribution is 2.30. The summed E-state index contributed by atoms with van der Waals surface area (Å²) in [4.78, 5) is 38.0. The van der Waals surface area contributed by atoms with E-state index in [1.54, 1.807) is 13.4 Å². The molecule has 2 aliphatic rings. The zero-order valence-corrected chi connectivity index (χ0v) is 24.8. The molecule has 9 heteroatoms. The maximum Gasteiger partial charge on any atom is 0.223 e. The minimum atomic E-state index is -0.364. The molecule has 43 heavy (non-hydrogen) atoms. The fourth-order valence-electron chi connectivity index (χ4n) is 5.94. The number of anilines is 2. The van der Waals surface area contributed by atoms with E-state index < -0.39 is 0 Å². The van der Waals surface area contributed by atoms with Crippen LogP contribution in [0.1, 0.15) is 63.8 Å². The Kier molecular flexibility index (Phi) is 11.1. The predicted octanol–water partition coefficient (Wildman–Crippen LogP) is 5.55. The van der Waals surface area contributed by atoms with Crippen molar-refractivity contribution >= 4 is 23.2 Å². The van der Waals surface area contributed by atoms with Gasteiger partial charge >= 0.3 is 0 Å². The number of rotatable bonds is 3. The molecule has 0 saturated carbocycles. The number of aromatic nitrogens is 2. The number of Topliss-reactive ketones (excluding diaryl/α,β-unsaturated/α-hetero) is 1. The molecule has 9 nitrogen and oxygen atoms in total. The van der Waals surface area contributed by atoms with Gasteiger partial charge in [0.1, 0.15) is 18.8 Å². The van der Waals surface area contributed by atoms with Crippen LogP contribution in [0.5, 0.6) is 11.5 Å². The fourth-order valence-corrected chi connectivity index (χ4v) is 5.94. The second kappa shape index (κ2) is 15.0. The molecular formula is C34H45N5O4. The Balaban J connectivity index is 0.00000423. The van der Waals surface area contributed by atoms with Crippen LogP contribution >= 0.6 is 0 Å². The van der Waals surface area contributed by atoms with Crippen molar-refractivity contribution in [2.24, 2.45) is 11.8 Å². The van der Waals surface area contributed by atoms with Gasteiger partial charge in [-0.3, -0.25) is 14.5 Å². The number of carbonyl (C=O) groups excluding carboxylic acids is 2. The minimum absolute atomic E-state index is 0. The first-order chi connectivity index (χ1) is 20.4. The Morgan fingerprint density at radius 3 is 2.77 bits per heavy atom. The summed E-state index contributed by atoms with van der Waals surface area (Å²) in [6, 6.07) is 15.8. The van der Waals surface area contributed by atoms with E-state index in [9.17, 15) is 9.59 Å². The molecule has 0 radical (unpaired) electrons. The van der Waals surface area contributed by atoms with Gasteiger partial charge in [-0.1, -0.05) is 39.5 Å². The molecule has 230 valence electrons. The first-order valence-electron chi connectivity index (χ1n) is 14.9. The molecule has 2 aromatic carbocycles. The Hall–Kier alpha value is -3.98. The number of nitrogens with zero attached hydrogens (tertiary/aromatic N) is 3. The van der Waals surface area contributed by atoms with Gasteiger partial charge in [0.25, 0.3) is 0 Å². The minimum Gasteiger partial charge on any atom is -0.493 e. The number of methoxy groups -OCH3 is 1. The lowest BCUT2D eigenvalue weighted by atomic mass is 9.89. The third kappa shape index (κ3) is 8.54. The molecule has 1 aromatic heterocycles. The molecule has 3 aromatic rings. The number of hydrogen-bond acceptors (Lipinski definition) is 8. The molecule has 6 bridgehead atoms. The van der Waals surface area contributed by atoms with E-state index >= 15 is 0 Å². The van der Waals surface area contributed by atoms with Crippen molar-refractivity contribution in [1.82, 2.24) is 20.2 Å². The van der Waals surface area contributed by atoms with Crippen LogP contribution in [0.25, 0.3) is 0 Å². The van der Waals surface area contributed by atoms with Gasteiger partial charge in [-0.15, -0.1) is 0 Å². The van der Waals surface area contributed by atoms with Crippen LogP contribution in [-0.4, -0.2) is 59.4 Å². The standard InChI is InChI=1S/C33H41N5O4.CH4/c1-22(2)14-25-18-29(39)28-8-5-12-38(28)20-24-6-4-7-26(16-24)37-32-19-27(35-21-36-32)15-23-9-10-30(41-3)31(17-23)42-13-11-34-33(25)40;/h4,6-7,9-10,16-17,19,21-22,25,28H,5,8,11-15,18,20H2,1-3H3,(H,34,40)(H,35,36,37);1H4/t25-,28+;/m1./s1. The smallest absolute Gasteiger partial charge is 0.223 e. The first-order valence-corrected chi connectivity index (χ1v) is 14.9. The summed E-state index contributed by atoms with van der Waals surface area (Å²) in [5, 5.41) is 6.43. The van der Waals surface area contributed by atoms with Gasteiger partial charge in [0.2, 0.25) is 5.91 Å². The van der Waals surface area contributed by atoms with Gasteiger partial charge < -0.3 is 20.1 Å². The molecular weight excluding hydrogens is 542 g/mol. The summed E-state index contributed by atoms with van der Waals surface area (Å²) < 4.78 is 11.6. The van der Waals surface area contributed by atoms with Crippen molar-refractivity contribution in [3.05, 3.63) is 71.7 Å². The number of nitrogens with one attached hydrogen (secondary N) is 2. The van der Waals surface area contributed by atoms with Crippen LogP contribution < -0.4 is 20.1 Å². The van der Waals surface area contributed by atoms with Gasteiger partial charge in [-0.25, -0.2) is 9.97 Å². The van der Waals surface area contributed by atoms with Crippen molar-refractivity contribution in [2.75, 3.05) is 32.1 Å². The SMILES string of the molecule is C.COc1ccc2cc1OCCNC(=O)[C@H](CC(C)C)CC(=O)[C@@H]1CCCN1Cc1cccc(c1)Nc1cc(ncn1)C2. The maximum absolute atomic E-state index is 13.6. The zero-order valence-electron chi connectivity index (χ0n) is 24.8. The van der Waals surface area contributed by atoms with E-state index in [-0.39, 0.29) is 44.1 Å². The van der Waals surface area contributed by atoms with Gasteiger partial charge in [0, 0.05) is 37.1 Å². The molecule has 0 aliphatic carbocycles. The Morgan fingerprint density at radius 1 is 1.09 bits per heavy atom. The number of ether oxygens (including phenoxy) is 2. The highest BCUT2D eigenvalue weighted by molar-refractivity contribution is 5.90. The molecule has 2 aliphatic heterocycles. The van der Waals surface area contributed by atoms with Gasteiger partial charge in [-0.05, 0) is 67.1 Å². The summed E-state index contributed by atoms with van der Waals surface area (Å²) in [5.74, 6) is 1.93. The van der Waals surface area contributed by atoms with Crippen LogP contribution in [0, 0.1) is 11.8 Å². The Bertz CT molecular complexity index is 1390. The molecule has 1 fully saturated rings. The quantitative estimate of drug-likeness (QED) is 0.411. The van der Waals surface area contributed by atoms with Crippen molar-refractivity contribution in [2.45, 2.75) is 66.0 Å². The number of ketones is 1. The molecule has 0 spiro atoms. The number of carbonyl (C=O) groups is 2. The van der Waals surface area contributed by atoms with Crippen LogP contribution in [0.2, 0.25) is 0 Å². The summed E-state index contributed by atoms with van der Waals surface area (Å²) in [6.07, 6.45) is 4.87. The predicted molar refractivity (Wildman–Crippen MR) is 169 cm³/mol. The van der Waals surface area contributed by atoms with E-state index in [1.165, 1.54) is 0 Å². The third-order valence-electron chi connectivity index (χ3n) is 7.89. The fraction of sp³-hybridized carbons (Fsp3) is 0.471. The van der Waals surface area contributed by atoms with Crippen molar-refractivity contribution < 1.29 is 19.1 Å². The lowest BCUT2D eigenvalue weighted by Crippen LogP contribution is -2.40. The van der Waals surface area contributed by atoms with Gasteiger partial charge in [-0.2, -0.15) is 0 Å². The normalized spacial score (nSPS) is 19.9.